The molecular weight excluding hydrogens is 365 g/mol. The zero-order valence-electron chi connectivity index (χ0n) is 16.1. The van der Waals surface area contributed by atoms with E-state index in [1.165, 1.54) is 11.6 Å². The maximum absolute atomic E-state index is 12.9. The first-order valence-corrected chi connectivity index (χ1v) is 9.85. The number of halogens is 3. The van der Waals surface area contributed by atoms with Crippen molar-refractivity contribution >= 4 is 0 Å². The molecule has 1 aromatic heterocycles. The first-order chi connectivity index (χ1) is 13.4. The van der Waals surface area contributed by atoms with E-state index in [4.69, 9.17) is 4.74 Å². The molecule has 1 unspecified atom stereocenters. The van der Waals surface area contributed by atoms with Crippen LogP contribution in [0.2, 0.25) is 0 Å². The first-order valence-electron chi connectivity index (χ1n) is 9.85. The van der Waals surface area contributed by atoms with Crippen molar-refractivity contribution < 1.29 is 17.9 Å². The third-order valence-corrected chi connectivity index (χ3v) is 5.48. The second-order valence-electron chi connectivity index (χ2n) is 7.66. The smallest absolute Gasteiger partial charge is 0.416 e. The van der Waals surface area contributed by atoms with Gasteiger partial charge in [-0.2, -0.15) is 13.2 Å². The van der Waals surface area contributed by atoms with E-state index in [9.17, 15) is 13.2 Å². The number of pyridine rings is 1. The van der Waals surface area contributed by atoms with E-state index in [0.717, 1.165) is 50.9 Å². The summed E-state index contributed by atoms with van der Waals surface area (Å²) in [6.07, 6.45) is 3.17. The van der Waals surface area contributed by atoms with Crippen molar-refractivity contribution in [3.05, 3.63) is 59.9 Å². The summed E-state index contributed by atoms with van der Waals surface area (Å²) in [5.74, 6) is 1.30. The molecule has 6 heteroatoms. The highest BCUT2D eigenvalue weighted by atomic mass is 19.4. The Morgan fingerprint density at radius 1 is 1.18 bits per heavy atom. The maximum atomic E-state index is 12.9. The van der Waals surface area contributed by atoms with Crippen LogP contribution in [0.3, 0.4) is 0 Å². The Hall–Kier alpha value is -2.08. The Bertz CT molecular complexity index is 736. The van der Waals surface area contributed by atoms with Crippen LogP contribution in [0, 0.1) is 11.8 Å². The Balaban J connectivity index is 1.49. The van der Waals surface area contributed by atoms with Gasteiger partial charge in [0.05, 0.1) is 11.7 Å². The molecule has 2 aromatic rings. The Kier molecular flexibility index (Phi) is 6.94. The topological polar surface area (TPSA) is 34.2 Å². The summed E-state index contributed by atoms with van der Waals surface area (Å²) in [5.41, 5.74) is 0.544. The number of aromatic nitrogens is 1. The highest BCUT2D eigenvalue weighted by Gasteiger charge is 2.31. The molecule has 1 saturated carbocycles. The lowest BCUT2D eigenvalue weighted by Gasteiger charge is -2.33. The predicted molar refractivity (Wildman–Crippen MR) is 103 cm³/mol. The minimum atomic E-state index is -4.34. The molecule has 0 spiro atoms. The number of alkyl halides is 3. The summed E-state index contributed by atoms with van der Waals surface area (Å²) in [7, 11) is 0. The van der Waals surface area contributed by atoms with Gasteiger partial charge in [-0.05, 0) is 80.0 Å². The number of benzene rings is 1. The molecule has 0 saturated heterocycles. The standard InChI is InChI=1S/C22H27F3N2O/c1-16(14-27-15-17-8-10-26-11-9-17)18-4-2-6-20(12-18)28-21-7-3-5-19(13-21)22(23,24)25/h3,5,7-11,13,16,18,20,27H,2,4,6,12,14-15H2,1H3/t16?,18-,20+/m0/s1. The van der Waals surface area contributed by atoms with Gasteiger partial charge in [0.15, 0.2) is 0 Å². The van der Waals surface area contributed by atoms with Crippen LogP contribution in [-0.2, 0) is 12.7 Å². The van der Waals surface area contributed by atoms with Crippen molar-refractivity contribution in [2.45, 2.75) is 51.4 Å². The molecule has 0 aliphatic heterocycles. The van der Waals surface area contributed by atoms with E-state index in [1.807, 2.05) is 12.1 Å². The highest BCUT2D eigenvalue weighted by molar-refractivity contribution is 5.30. The molecule has 152 valence electrons. The Labute approximate surface area is 164 Å². The molecule has 3 nitrogen and oxygen atoms in total. The fraction of sp³-hybridized carbons (Fsp3) is 0.500. The van der Waals surface area contributed by atoms with Crippen LogP contribution in [0.25, 0.3) is 0 Å². The zero-order chi connectivity index (χ0) is 20.0. The Morgan fingerprint density at radius 3 is 2.71 bits per heavy atom. The molecule has 0 amide bonds. The number of rotatable bonds is 7. The van der Waals surface area contributed by atoms with Gasteiger partial charge < -0.3 is 10.1 Å². The van der Waals surface area contributed by atoms with Gasteiger partial charge in [0.25, 0.3) is 0 Å². The van der Waals surface area contributed by atoms with Crippen molar-refractivity contribution in [2.24, 2.45) is 11.8 Å². The minimum absolute atomic E-state index is 0.0233. The molecule has 1 fully saturated rings. The molecule has 0 bridgehead atoms. The van der Waals surface area contributed by atoms with Gasteiger partial charge in [0, 0.05) is 18.9 Å². The second kappa shape index (κ2) is 9.41. The third kappa shape index (κ3) is 5.96. The van der Waals surface area contributed by atoms with Gasteiger partial charge in [-0.15, -0.1) is 0 Å². The molecule has 3 atom stereocenters. The van der Waals surface area contributed by atoms with Gasteiger partial charge in [0.2, 0.25) is 0 Å². The molecular formula is C22H27F3N2O. The second-order valence-corrected chi connectivity index (χ2v) is 7.66. The van der Waals surface area contributed by atoms with Crippen LogP contribution in [-0.4, -0.2) is 17.6 Å². The fourth-order valence-electron chi connectivity index (χ4n) is 3.85. The lowest BCUT2D eigenvalue weighted by molar-refractivity contribution is -0.137. The Morgan fingerprint density at radius 2 is 1.96 bits per heavy atom. The first kappa shape index (κ1) is 20.6. The van der Waals surface area contributed by atoms with E-state index in [1.54, 1.807) is 18.5 Å². The zero-order valence-corrected chi connectivity index (χ0v) is 16.1. The number of nitrogens with zero attached hydrogens (tertiary/aromatic N) is 1. The SMILES string of the molecule is CC(CNCc1ccncc1)[C@H]1CCC[C@@H](Oc2cccc(C(F)(F)F)c2)C1. The van der Waals surface area contributed by atoms with Crippen LogP contribution in [0.5, 0.6) is 5.75 Å². The minimum Gasteiger partial charge on any atom is -0.490 e. The molecule has 1 aliphatic carbocycles. The normalized spacial score (nSPS) is 21.3. The van der Waals surface area contributed by atoms with Gasteiger partial charge >= 0.3 is 6.18 Å². The van der Waals surface area contributed by atoms with Crippen molar-refractivity contribution in [3.8, 4) is 5.75 Å². The average Bonchev–Trinajstić information content (AvgIpc) is 2.68. The van der Waals surface area contributed by atoms with E-state index < -0.39 is 11.7 Å². The summed E-state index contributed by atoms with van der Waals surface area (Å²) < 4.78 is 44.6. The average molecular weight is 392 g/mol. The number of nitrogens with one attached hydrogen (secondary N) is 1. The van der Waals surface area contributed by atoms with Crippen LogP contribution >= 0.6 is 0 Å². The third-order valence-electron chi connectivity index (χ3n) is 5.48. The summed E-state index contributed by atoms with van der Waals surface area (Å²) in [5, 5.41) is 3.49. The van der Waals surface area contributed by atoms with Crippen LogP contribution in [0.1, 0.15) is 43.7 Å². The van der Waals surface area contributed by atoms with Gasteiger partial charge in [-0.1, -0.05) is 13.0 Å². The van der Waals surface area contributed by atoms with Crippen molar-refractivity contribution in [3.63, 3.8) is 0 Å². The van der Waals surface area contributed by atoms with Gasteiger partial charge in [-0.3, -0.25) is 4.98 Å². The highest BCUT2D eigenvalue weighted by Crippen LogP contribution is 2.35. The molecule has 1 aromatic carbocycles. The van der Waals surface area contributed by atoms with Crippen molar-refractivity contribution in [1.29, 1.82) is 0 Å². The van der Waals surface area contributed by atoms with E-state index in [2.05, 4.69) is 17.2 Å². The van der Waals surface area contributed by atoms with Crippen LogP contribution < -0.4 is 10.1 Å². The van der Waals surface area contributed by atoms with Crippen molar-refractivity contribution in [1.82, 2.24) is 10.3 Å². The summed E-state index contributed by atoms with van der Waals surface area (Å²) in [6.45, 7) is 3.95. The van der Waals surface area contributed by atoms with E-state index >= 15 is 0 Å². The molecule has 0 radical (unpaired) electrons. The number of hydrogen-bond donors (Lipinski definition) is 1. The molecule has 28 heavy (non-hydrogen) atoms. The fourth-order valence-corrected chi connectivity index (χ4v) is 3.85. The quantitative estimate of drug-likeness (QED) is 0.679. The predicted octanol–water partition coefficient (Wildman–Crippen LogP) is 5.46. The maximum Gasteiger partial charge on any atom is 0.416 e. The number of ether oxygens (including phenoxy) is 1. The lowest BCUT2D eigenvalue weighted by atomic mass is 9.79. The summed E-state index contributed by atoms with van der Waals surface area (Å²) in [6, 6.07) is 9.19. The van der Waals surface area contributed by atoms with Crippen LogP contribution in [0.4, 0.5) is 13.2 Å². The van der Waals surface area contributed by atoms with Crippen LogP contribution in [0.15, 0.2) is 48.8 Å². The molecule has 1 aliphatic rings. The van der Waals surface area contributed by atoms with E-state index in [-0.39, 0.29) is 6.10 Å². The van der Waals surface area contributed by atoms with E-state index in [0.29, 0.717) is 17.6 Å². The van der Waals surface area contributed by atoms with Gasteiger partial charge in [-0.25, -0.2) is 0 Å². The molecule has 1 N–H and O–H groups in total. The van der Waals surface area contributed by atoms with Gasteiger partial charge in [0.1, 0.15) is 5.75 Å². The summed E-state index contributed by atoms with van der Waals surface area (Å²) >= 11 is 0. The lowest BCUT2D eigenvalue weighted by Crippen LogP contribution is -2.33. The van der Waals surface area contributed by atoms with Crippen molar-refractivity contribution in [2.75, 3.05) is 6.54 Å². The monoisotopic (exact) mass is 392 g/mol. The molecule has 3 rings (SSSR count). The number of hydrogen-bond acceptors (Lipinski definition) is 3. The largest absolute Gasteiger partial charge is 0.490 e. The summed E-state index contributed by atoms with van der Waals surface area (Å²) in [4.78, 5) is 4.02. The molecule has 1 heterocycles.